The number of carbonyl (C=O) groups excluding carboxylic acids is 1. The van der Waals surface area contributed by atoms with E-state index < -0.39 is 0 Å². The third-order valence-electron chi connectivity index (χ3n) is 4.15. The maximum atomic E-state index is 11.8. The first-order valence-corrected chi connectivity index (χ1v) is 7.15. The zero-order valence-electron chi connectivity index (χ0n) is 11.7. The molecule has 2 fully saturated rings. The summed E-state index contributed by atoms with van der Waals surface area (Å²) < 4.78 is 5.87. The third-order valence-corrected chi connectivity index (χ3v) is 4.15. The van der Waals surface area contributed by atoms with Gasteiger partial charge in [0.25, 0.3) is 0 Å². The number of anilines is 1. The van der Waals surface area contributed by atoms with Crippen molar-refractivity contribution in [2.75, 3.05) is 31.1 Å². The number of fused-ring (bicyclic) bond motifs is 1. The Hall–Kier alpha value is -1.69. The quantitative estimate of drug-likeness (QED) is 0.755. The normalized spacial score (nSPS) is 26.9. The fourth-order valence-electron chi connectivity index (χ4n) is 3.16. The minimum Gasteiger partial charge on any atom is -0.374 e. The second-order valence-electron chi connectivity index (χ2n) is 5.32. The van der Waals surface area contributed by atoms with Gasteiger partial charge in [-0.2, -0.15) is 0 Å². The zero-order valence-corrected chi connectivity index (χ0v) is 11.7. The van der Waals surface area contributed by atoms with E-state index in [-0.39, 0.29) is 18.1 Å². The number of amides is 1. The molecule has 20 heavy (non-hydrogen) atoms. The summed E-state index contributed by atoms with van der Waals surface area (Å²) >= 11 is 0. The minimum atomic E-state index is 0.148. The van der Waals surface area contributed by atoms with Crippen LogP contribution in [0.15, 0.2) is 18.6 Å². The molecule has 1 aromatic heterocycles. The first-order valence-electron chi connectivity index (χ1n) is 7.15. The number of hydrogen-bond acceptors (Lipinski definition) is 5. The van der Waals surface area contributed by atoms with Gasteiger partial charge in [-0.25, -0.2) is 4.98 Å². The van der Waals surface area contributed by atoms with Crippen molar-refractivity contribution >= 4 is 11.7 Å². The van der Waals surface area contributed by atoms with Gasteiger partial charge in [0.2, 0.25) is 5.91 Å². The van der Waals surface area contributed by atoms with Gasteiger partial charge in [-0.1, -0.05) is 0 Å². The van der Waals surface area contributed by atoms with Crippen molar-refractivity contribution in [2.24, 2.45) is 0 Å². The molecule has 3 heterocycles. The van der Waals surface area contributed by atoms with Crippen LogP contribution in [0.4, 0.5) is 5.82 Å². The highest BCUT2D eigenvalue weighted by Gasteiger charge is 2.36. The molecule has 2 aliphatic heterocycles. The van der Waals surface area contributed by atoms with E-state index in [9.17, 15) is 4.79 Å². The first-order chi connectivity index (χ1) is 9.75. The number of aromatic nitrogens is 2. The molecule has 1 amide bonds. The van der Waals surface area contributed by atoms with Crippen LogP contribution in [-0.2, 0) is 9.53 Å². The van der Waals surface area contributed by atoms with Gasteiger partial charge in [-0.3, -0.25) is 9.78 Å². The van der Waals surface area contributed by atoms with Crippen LogP contribution in [0, 0.1) is 0 Å². The Kier molecular flexibility index (Phi) is 3.82. The lowest BCUT2D eigenvalue weighted by Crippen LogP contribution is -2.52. The summed E-state index contributed by atoms with van der Waals surface area (Å²) in [6.45, 7) is 4.78. The maximum Gasteiger partial charge on any atom is 0.219 e. The number of hydrogen-bond donors (Lipinski definition) is 0. The standard InChI is InChI=1S/C14H20N4O2/c1-11(19)18-8-9-20-13-3-7-17(6-2-12(13)18)14-10-15-4-5-16-14/h4-5,10,12-13H,2-3,6-9H2,1H3/t12-,13+/m1/s1. The third kappa shape index (κ3) is 2.60. The lowest BCUT2D eigenvalue weighted by atomic mass is 10.0. The molecule has 0 aromatic carbocycles. The van der Waals surface area contributed by atoms with E-state index in [1.165, 1.54) is 0 Å². The SMILES string of the molecule is CC(=O)N1CCO[C@H]2CCN(c3cnccn3)CC[C@H]21. The van der Waals surface area contributed by atoms with Crippen LogP contribution in [0.25, 0.3) is 0 Å². The van der Waals surface area contributed by atoms with Gasteiger partial charge in [-0.15, -0.1) is 0 Å². The first kappa shape index (κ1) is 13.3. The summed E-state index contributed by atoms with van der Waals surface area (Å²) in [5, 5.41) is 0. The summed E-state index contributed by atoms with van der Waals surface area (Å²) in [5.41, 5.74) is 0. The van der Waals surface area contributed by atoms with Crippen molar-refractivity contribution in [2.45, 2.75) is 31.9 Å². The van der Waals surface area contributed by atoms with E-state index >= 15 is 0 Å². The van der Waals surface area contributed by atoms with Crippen molar-refractivity contribution in [3.05, 3.63) is 18.6 Å². The van der Waals surface area contributed by atoms with Crippen molar-refractivity contribution < 1.29 is 9.53 Å². The largest absolute Gasteiger partial charge is 0.374 e. The van der Waals surface area contributed by atoms with Gasteiger partial charge in [0.15, 0.2) is 0 Å². The highest BCUT2D eigenvalue weighted by atomic mass is 16.5. The number of carbonyl (C=O) groups is 1. The molecule has 0 saturated carbocycles. The molecule has 6 nitrogen and oxygen atoms in total. The van der Waals surface area contributed by atoms with Crippen LogP contribution < -0.4 is 4.90 Å². The predicted molar refractivity (Wildman–Crippen MR) is 74.4 cm³/mol. The van der Waals surface area contributed by atoms with Crippen molar-refractivity contribution in [1.82, 2.24) is 14.9 Å². The second kappa shape index (κ2) is 5.75. The second-order valence-corrected chi connectivity index (χ2v) is 5.32. The van der Waals surface area contributed by atoms with Gasteiger partial charge in [0.1, 0.15) is 5.82 Å². The Bertz CT molecular complexity index is 468. The van der Waals surface area contributed by atoms with Gasteiger partial charge < -0.3 is 14.5 Å². The van der Waals surface area contributed by atoms with Gasteiger partial charge in [-0.05, 0) is 12.8 Å². The fraction of sp³-hybridized carbons (Fsp3) is 0.643. The molecule has 6 heteroatoms. The molecule has 0 N–H and O–H groups in total. The molecule has 1 aromatic rings. The highest BCUT2D eigenvalue weighted by Crippen LogP contribution is 2.25. The Morgan fingerprint density at radius 1 is 1.30 bits per heavy atom. The van der Waals surface area contributed by atoms with Gasteiger partial charge in [0, 0.05) is 39.0 Å². The molecule has 0 radical (unpaired) electrons. The molecule has 0 unspecified atom stereocenters. The van der Waals surface area contributed by atoms with Crippen molar-refractivity contribution in [3.63, 3.8) is 0 Å². The number of rotatable bonds is 1. The predicted octanol–water partition coefficient (Wildman–Crippen LogP) is 0.693. The smallest absolute Gasteiger partial charge is 0.219 e. The summed E-state index contributed by atoms with van der Waals surface area (Å²) in [5.74, 6) is 1.05. The Morgan fingerprint density at radius 2 is 2.15 bits per heavy atom. The summed E-state index contributed by atoms with van der Waals surface area (Å²) in [4.78, 5) is 24.4. The van der Waals surface area contributed by atoms with Crippen LogP contribution in [0.1, 0.15) is 19.8 Å². The number of ether oxygens (including phenoxy) is 1. The molecule has 2 saturated heterocycles. The molecule has 0 aliphatic carbocycles. The average Bonchev–Trinajstić information content (AvgIpc) is 2.70. The highest BCUT2D eigenvalue weighted by molar-refractivity contribution is 5.73. The topological polar surface area (TPSA) is 58.6 Å². The molecule has 0 spiro atoms. The molecule has 108 valence electrons. The molecule has 2 aliphatic rings. The lowest BCUT2D eigenvalue weighted by molar-refractivity contribution is -0.144. The van der Waals surface area contributed by atoms with E-state index in [1.807, 2.05) is 4.90 Å². The van der Waals surface area contributed by atoms with Gasteiger partial charge >= 0.3 is 0 Å². The summed E-state index contributed by atoms with van der Waals surface area (Å²) in [6, 6.07) is 0.197. The average molecular weight is 276 g/mol. The molecule has 2 atom stereocenters. The summed E-state index contributed by atoms with van der Waals surface area (Å²) in [6.07, 6.45) is 7.17. The van der Waals surface area contributed by atoms with E-state index in [0.29, 0.717) is 13.2 Å². The molecule has 0 bridgehead atoms. The summed E-state index contributed by atoms with van der Waals surface area (Å²) in [7, 11) is 0. The minimum absolute atomic E-state index is 0.148. The van der Waals surface area contributed by atoms with Crippen LogP contribution in [0.5, 0.6) is 0 Å². The molecule has 3 rings (SSSR count). The number of morpholine rings is 1. The van der Waals surface area contributed by atoms with E-state index in [2.05, 4.69) is 14.9 Å². The Labute approximate surface area is 118 Å². The maximum absolute atomic E-state index is 11.8. The van der Waals surface area contributed by atoms with Crippen LogP contribution >= 0.6 is 0 Å². The van der Waals surface area contributed by atoms with Gasteiger partial charge in [0.05, 0.1) is 24.9 Å². The van der Waals surface area contributed by atoms with Crippen LogP contribution in [-0.4, -0.2) is 59.2 Å². The Morgan fingerprint density at radius 3 is 2.90 bits per heavy atom. The fourth-order valence-corrected chi connectivity index (χ4v) is 3.16. The lowest BCUT2D eigenvalue weighted by Gasteiger charge is -2.39. The monoisotopic (exact) mass is 276 g/mol. The molecular weight excluding hydrogens is 256 g/mol. The van der Waals surface area contributed by atoms with Crippen molar-refractivity contribution in [1.29, 1.82) is 0 Å². The molecular formula is C14H20N4O2. The van der Waals surface area contributed by atoms with E-state index in [0.717, 1.165) is 31.7 Å². The van der Waals surface area contributed by atoms with Crippen LogP contribution in [0.3, 0.4) is 0 Å². The van der Waals surface area contributed by atoms with E-state index in [1.54, 1.807) is 25.5 Å². The zero-order chi connectivity index (χ0) is 13.9. The van der Waals surface area contributed by atoms with E-state index in [4.69, 9.17) is 4.74 Å². The van der Waals surface area contributed by atoms with Crippen molar-refractivity contribution in [3.8, 4) is 0 Å². The van der Waals surface area contributed by atoms with Crippen LogP contribution in [0.2, 0.25) is 0 Å². The number of nitrogens with zero attached hydrogens (tertiary/aromatic N) is 4. The Balaban J connectivity index is 1.74.